The van der Waals surface area contributed by atoms with Crippen LogP contribution in [0.15, 0.2) is 22.7 Å². The van der Waals surface area contributed by atoms with Crippen molar-refractivity contribution < 1.29 is 17.7 Å². The first-order valence-corrected chi connectivity index (χ1v) is 5.86. The molecule has 0 aliphatic carbocycles. The van der Waals surface area contributed by atoms with E-state index in [0.29, 0.717) is 30.4 Å². The fraction of sp³-hybridized carbons (Fsp3) is 0.333. The first-order chi connectivity index (χ1) is 9.36. The predicted octanol–water partition coefficient (Wildman–Crippen LogP) is 2.63. The highest BCUT2D eigenvalue weighted by molar-refractivity contribution is 5.58. The first-order valence-electron chi connectivity index (χ1n) is 5.86. The zero-order valence-electron chi connectivity index (χ0n) is 10.7. The number of benzene rings is 1. The Morgan fingerprint density at radius 1 is 1.35 bits per heavy atom. The van der Waals surface area contributed by atoms with Crippen LogP contribution in [-0.4, -0.2) is 16.7 Å². The molecular weight excluding hydrogens is 273 g/mol. The largest absolute Gasteiger partial charge is 0.418 e. The van der Waals surface area contributed by atoms with E-state index in [2.05, 4.69) is 15.5 Å². The number of anilines is 2. The highest BCUT2D eigenvalue weighted by atomic mass is 19.4. The van der Waals surface area contributed by atoms with Gasteiger partial charge in [-0.05, 0) is 25.1 Å². The lowest BCUT2D eigenvalue weighted by Gasteiger charge is -2.12. The van der Waals surface area contributed by atoms with Gasteiger partial charge in [-0.3, -0.25) is 0 Å². The average molecular weight is 286 g/mol. The van der Waals surface area contributed by atoms with Crippen molar-refractivity contribution in [2.24, 2.45) is 0 Å². The van der Waals surface area contributed by atoms with E-state index in [4.69, 9.17) is 10.3 Å². The van der Waals surface area contributed by atoms with Gasteiger partial charge in [0.1, 0.15) is 0 Å². The van der Waals surface area contributed by atoms with Crippen molar-refractivity contribution in [1.82, 2.24) is 10.1 Å². The van der Waals surface area contributed by atoms with Crippen LogP contribution in [-0.2, 0) is 12.6 Å². The molecule has 0 spiro atoms. The van der Waals surface area contributed by atoms with E-state index in [0.717, 1.165) is 6.07 Å². The maximum Gasteiger partial charge on any atom is 0.418 e. The Labute approximate surface area is 113 Å². The monoisotopic (exact) mass is 286 g/mol. The van der Waals surface area contributed by atoms with Gasteiger partial charge < -0.3 is 15.6 Å². The Morgan fingerprint density at radius 2 is 2.10 bits per heavy atom. The third kappa shape index (κ3) is 3.40. The molecule has 0 aliphatic heterocycles. The number of aryl methyl sites for hydroxylation is 1. The second-order valence-electron chi connectivity index (χ2n) is 4.21. The topological polar surface area (TPSA) is 77.0 Å². The van der Waals surface area contributed by atoms with E-state index in [9.17, 15) is 13.2 Å². The quantitative estimate of drug-likeness (QED) is 0.845. The SMILES string of the molecule is Cc1noc(CCNc2ccc(N)c(C(F)(F)F)c2)n1. The molecule has 8 heteroatoms. The molecule has 0 saturated heterocycles. The standard InChI is InChI=1S/C12H13F3N4O/c1-7-18-11(20-19-7)4-5-17-8-2-3-10(16)9(6-8)12(13,14)15/h2-3,6,17H,4-5,16H2,1H3. The molecule has 0 radical (unpaired) electrons. The Hall–Kier alpha value is -2.25. The summed E-state index contributed by atoms with van der Waals surface area (Å²) in [6.07, 6.45) is -4.04. The van der Waals surface area contributed by atoms with Crippen LogP contribution < -0.4 is 11.1 Å². The van der Waals surface area contributed by atoms with E-state index >= 15 is 0 Å². The summed E-state index contributed by atoms with van der Waals surface area (Å²) in [5.74, 6) is 0.952. The van der Waals surface area contributed by atoms with Gasteiger partial charge in [-0.15, -0.1) is 0 Å². The number of hydrogen-bond acceptors (Lipinski definition) is 5. The van der Waals surface area contributed by atoms with Crippen molar-refractivity contribution in [3.8, 4) is 0 Å². The smallest absolute Gasteiger partial charge is 0.398 e. The highest BCUT2D eigenvalue weighted by Crippen LogP contribution is 2.35. The fourth-order valence-corrected chi connectivity index (χ4v) is 1.67. The molecule has 0 bridgehead atoms. The van der Waals surface area contributed by atoms with Gasteiger partial charge in [-0.2, -0.15) is 18.2 Å². The summed E-state index contributed by atoms with van der Waals surface area (Å²) in [6.45, 7) is 2.07. The van der Waals surface area contributed by atoms with Crippen molar-refractivity contribution in [2.75, 3.05) is 17.6 Å². The van der Waals surface area contributed by atoms with Gasteiger partial charge in [0.25, 0.3) is 0 Å². The summed E-state index contributed by atoms with van der Waals surface area (Å²) in [7, 11) is 0. The molecule has 1 aromatic carbocycles. The molecule has 2 rings (SSSR count). The van der Waals surface area contributed by atoms with Crippen LogP contribution in [0.2, 0.25) is 0 Å². The maximum atomic E-state index is 12.7. The third-order valence-electron chi connectivity index (χ3n) is 2.60. The molecule has 2 aromatic rings. The molecule has 20 heavy (non-hydrogen) atoms. The van der Waals surface area contributed by atoms with Gasteiger partial charge in [-0.25, -0.2) is 0 Å². The first kappa shape index (κ1) is 14.2. The van der Waals surface area contributed by atoms with Crippen LogP contribution in [0, 0.1) is 6.92 Å². The van der Waals surface area contributed by atoms with Crippen LogP contribution >= 0.6 is 0 Å². The molecule has 3 N–H and O–H groups in total. The van der Waals surface area contributed by atoms with Crippen LogP contribution in [0.1, 0.15) is 17.3 Å². The Morgan fingerprint density at radius 3 is 2.70 bits per heavy atom. The second kappa shape index (κ2) is 5.40. The van der Waals surface area contributed by atoms with Crippen molar-refractivity contribution in [2.45, 2.75) is 19.5 Å². The Balaban J connectivity index is 2.00. The molecule has 1 heterocycles. The van der Waals surface area contributed by atoms with Crippen molar-refractivity contribution >= 4 is 11.4 Å². The highest BCUT2D eigenvalue weighted by Gasteiger charge is 2.33. The van der Waals surface area contributed by atoms with E-state index in [-0.39, 0.29) is 5.69 Å². The number of rotatable bonds is 4. The number of nitrogens with two attached hydrogens (primary N) is 1. The molecule has 1 aromatic heterocycles. The number of hydrogen-bond donors (Lipinski definition) is 2. The third-order valence-corrected chi connectivity index (χ3v) is 2.60. The predicted molar refractivity (Wildman–Crippen MR) is 67.1 cm³/mol. The number of alkyl halides is 3. The van der Waals surface area contributed by atoms with Gasteiger partial charge in [0.15, 0.2) is 5.82 Å². The molecule has 0 aliphatic rings. The minimum absolute atomic E-state index is 0.296. The van der Waals surface area contributed by atoms with E-state index in [1.165, 1.54) is 12.1 Å². The van der Waals surface area contributed by atoms with Crippen LogP contribution in [0.5, 0.6) is 0 Å². The van der Waals surface area contributed by atoms with E-state index < -0.39 is 11.7 Å². The number of nitrogens with zero attached hydrogens (tertiary/aromatic N) is 2. The lowest BCUT2D eigenvalue weighted by molar-refractivity contribution is -0.136. The minimum atomic E-state index is -4.47. The summed E-state index contributed by atoms with van der Waals surface area (Å²) in [5.41, 5.74) is 4.51. The number of nitrogen functional groups attached to an aromatic ring is 1. The van der Waals surface area contributed by atoms with E-state index in [1.807, 2.05) is 0 Å². The summed E-state index contributed by atoms with van der Waals surface area (Å²) >= 11 is 0. The summed E-state index contributed by atoms with van der Waals surface area (Å²) in [4.78, 5) is 4.00. The molecular formula is C12H13F3N4O. The zero-order valence-corrected chi connectivity index (χ0v) is 10.7. The second-order valence-corrected chi connectivity index (χ2v) is 4.21. The van der Waals surface area contributed by atoms with Crippen LogP contribution in [0.4, 0.5) is 24.5 Å². The molecule has 5 nitrogen and oxygen atoms in total. The van der Waals surface area contributed by atoms with E-state index in [1.54, 1.807) is 6.92 Å². The van der Waals surface area contributed by atoms with Crippen LogP contribution in [0.25, 0.3) is 0 Å². The van der Waals surface area contributed by atoms with Crippen molar-refractivity contribution in [1.29, 1.82) is 0 Å². The number of aromatic nitrogens is 2. The fourth-order valence-electron chi connectivity index (χ4n) is 1.67. The molecule has 0 unspecified atom stereocenters. The summed E-state index contributed by atoms with van der Waals surface area (Å²) in [6, 6.07) is 3.69. The van der Waals surface area contributed by atoms with Gasteiger partial charge in [0.2, 0.25) is 5.89 Å². The maximum absolute atomic E-state index is 12.7. The van der Waals surface area contributed by atoms with Gasteiger partial charge in [-0.1, -0.05) is 5.16 Å². The van der Waals surface area contributed by atoms with Crippen molar-refractivity contribution in [3.63, 3.8) is 0 Å². The van der Waals surface area contributed by atoms with Gasteiger partial charge >= 0.3 is 6.18 Å². The Kier molecular flexibility index (Phi) is 3.82. The molecule has 108 valence electrons. The normalized spacial score (nSPS) is 11.6. The van der Waals surface area contributed by atoms with Gasteiger partial charge in [0.05, 0.1) is 5.56 Å². The van der Waals surface area contributed by atoms with Crippen molar-refractivity contribution in [3.05, 3.63) is 35.5 Å². The average Bonchev–Trinajstić information content (AvgIpc) is 2.76. The molecule has 0 atom stereocenters. The number of nitrogens with one attached hydrogen (secondary N) is 1. The molecule has 0 amide bonds. The summed E-state index contributed by atoms with van der Waals surface area (Å²) < 4.78 is 42.9. The van der Waals surface area contributed by atoms with Crippen LogP contribution in [0.3, 0.4) is 0 Å². The summed E-state index contributed by atoms with van der Waals surface area (Å²) in [5, 5.41) is 6.48. The lowest BCUT2D eigenvalue weighted by atomic mass is 10.1. The van der Waals surface area contributed by atoms with Gasteiger partial charge in [0, 0.05) is 24.3 Å². The minimum Gasteiger partial charge on any atom is -0.398 e. The lowest BCUT2D eigenvalue weighted by Crippen LogP contribution is -2.11. The molecule has 0 fully saturated rings. The molecule has 0 saturated carbocycles. The number of halogens is 3. The zero-order chi connectivity index (χ0) is 14.8. The Bertz CT molecular complexity index is 595.